The Labute approximate surface area is 169 Å². The fourth-order valence-electron chi connectivity index (χ4n) is 2.65. The van der Waals surface area contributed by atoms with Crippen LogP contribution in [0.4, 0.5) is 0 Å². The van der Waals surface area contributed by atoms with Gasteiger partial charge in [-0.25, -0.2) is 15.2 Å². The van der Waals surface area contributed by atoms with E-state index in [2.05, 4.69) is 15.5 Å². The van der Waals surface area contributed by atoms with E-state index in [-0.39, 0.29) is 5.01 Å². The Bertz CT molecular complexity index is 1260. The average Bonchev–Trinajstić information content (AvgIpc) is 3.24. The molecule has 2 heterocycles. The molecule has 0 spiro atoms. The average molecular weight is 405 g/mol. The predicted octanol–water partition coefficient (Wildman–Crippen LogP) is 3.69. The van der Waals surface area contributed by atoms with Crippen LogP contribution in [0.25, 0.3) is 22.2 Å². The molecule has 0 aliphatic rings. The third kappa shape index (κ3) is 4.07. The second-order valence-corrected chi connectivity index (χ2v) is 6.85. The van der Waals surface area contributed by atoms with Gasteiger partial charge in [0, 0.05) is 10.8 Å². The molecule has 0 aliphatic heterocycles. The van der Waals surface area contributed by atoms with Gasteiger partial charge in [0.05, 0.1) is 24.6 Å². The minimum absolute atomic E-state index is 0.194. The summed E-state index contributed by atoms with van der Waals surface area (Å²) < 4.78 is 10.4. The lowest BCUT2D eigenvalue weighted by atomic mass is 10.1. The number of carbonyl (C=O) groups is 1. The number of aromatic nitrogens is 1. The van der Waals surface area contributed by atoms with Crippen LogP contribution in [0.3, 0.4) is 0 Å². The number of carbonyl (C=O) groups excluding carboxylic acids is 1. The fraction of sp³-hybridized carbons (Fsp3) is 0.0476. The first-order valence-electron chi connectivity index (χ1n) is 8.60. The molecular weight excluding hydrogens is 390 g/mol. The molecule has 1 N–H and O–H groups in total. The Morgan fingerprint density at radius 1 is 1.21 bits per heavy atom. The highest BCUT2D eigenvalue weighted by atomic mass is 32.1. The molecule has 0 saturated carbocycles. The topological polar surface area (TPSA) is 93.8 Å². The molecule has 8 heteroatoms. The van der Waals surface area contributed by atoms with E-state index in [1.165, 1.54) is 6.21 Å². The summed E-state index contributed by atoms with van der Waals surface area (Å²) in [5.41, 5.74) is 3.93. The van der Waals surface area contributed by atoms with Crippen LogP contribution >= 0.6 is 11.3 Å². The number of hydrazone groups is 1. The maximum atomic E-state index is 12.3. The van der Waals surface area contributed by atoms with E-state index in [0.29, 0.717) is 16.8 Å². The first-order valence-corrected chi connectivity index (χ1v) is 9.48. The second kappa shape index (κ2) is 8.07. The van der Waals surface area contributed by atoms with Crippen molar-refractivity contribution in [2.45, 2.75) is 0 Å². The van der Waals surface area contributed by atoms with Crippen LogP contribution in [0.15, 0.2) is 74.3 Å². The SMILES string of the molecule is COc1ccc(/C=N/NC(=O)c2nc(-c3cc4ccccc4oc3=O)cs2)cc1. The highest BCUT2D eigenvalue weighted by Gasteiger charge is 2.15. The lowest BCUT2D eigenvalue weighted by molar-refractivity contribution is 0.0955. The quantitative estimate of drug-likeness (QED) is 0.310. The van der Waals surface area contributed by atoms with Crippen LogP contribution in [-0.2, 0) is 0 Å². The van der Waals surface area contributed by atoms with Gasteiger partial charge in [-0.05, 0) is 42.0 Å². The van der Waals surface area contributed by atoms with Crippen molar-refractivity contribution < 1.29 is 13.9 Å². The second-order valence-electron chi connectivity index (χ2n) is 6.00. The number of thiazole rings is 1. The number of methoxy groups -OCH3 is 1. The van der Waals surface area contributed by atoms with Crippen molar-refractivity contribution in [2.75, 3.05) is 7.11 Å². The zero-order valence-corrected chi connectivity index (χ0v) is 16.1. The predicted molar refractivity (Wildman–Crippen MR) is 112 cm³/mol. The van der Waals surface area contributed by atoms with Gasteiger partial charge in [-0.1, -0.05) is 18.2 Å². The molecule has 2 aromatic heterocycles. The van der Waals surface area contributed by atoms with Crippen molar-refractivity contribution in [1.82, 2.24) is 10.4 Å². The number of ether oxygens (including phenoxy) is 1. The molecule has 144 valence electrons. The Morgan fingerprint density at radius 3 is 2.79 bits per heavy atom. The van der Waals surface area contributed by atoms with Gasteiger partial charge in [-0.2, -0.15) is 5.10 Å². The lowest BCUT2D eigenvalue weighted by Crippen LogP contribution is -2.17. The molecule has 0 saturated heterocycles. The molecule has 0 aliphatic carbocycles. The molecule has 1 amide bonds. The van der Waals surface area contributed by atoms with Crippen molar-refractivity contribution in [3.63, 3.8) is 0 Å². The smallest absolute Gasteiger partial charge is 0.345 e. The summed E-state index contributed by atoms with van der Waals surface area (Å²) in [6.07, 6.45) is 1.52. The van der Waals surface area contributed by atoms with Gasteiger partial charge in [0.2, 0.25) is 0 Å². The summed E-state index contributed by atoms with van der Waals surface area (Å²) in [4.78, 5) is 28.8. The van der Waals surface area contributed by atoms with Gasteiger partial charge in [-0.3, -0.25) is 4.79 Å². The molecule has 2 aromatic carbocycles. The highest BCUT2D eigenvalue weighted by molar-refractivity contribution is 7.12. The number of rotatable bonds is 5. The molecule has 4 rings (SSSR count). The van der Waals surface area contributed by atoms with E-state index in [9.17, 15) is 9.59 Å². The minimum atomic E-state index is -0.501. The Morgan fingerprint density at radius 2 is 2.00 bits per heavy atom. The molecule has 29 heavy (non-hydrogen) atoms. The molecule has 0 unspecified atom stereocenters. The maximum absolute atomic E-state index is 12.3. The largest absolute Gasteiger partial charge is 0.497 e. The molecule has 0 radical (unpaired) electrons. The summed E-state index contributed by atoms with van der Waals surface area (Å²) in [5, 5.41) is 6.55. The number of nitrogens with zero attached hydrogens (tertiary/aromatic N) is 2. The molecule has 7 nitrogen and oxygen atoms in total. The number of nitrogens with one attached hydrogen (secondary N) is 1. The number of benzene rings is 2. The van der Waals surface area contributed by atoms with Gasteiger partial charge >= 0.3 is 5.63 Å². The zero-order valence-electron chi connectivity index (χ0n) is 15.3. The molecule has 0 bridgehead atoms. The monoisotopic (exact) mass is 405 g/mol. The summed E-state index contributed by atoms with van der Waals surface area (Å²) in [6, 6.07) is 16.1. The van der Waals surface area contributed by atoms with Gasteiger partial charge in [-0.15, -0.1) is 11.3 Å². The van der Waals surface area contributed by atoms with Crippen LogP contribution in [-0.4, -0.2) is 24.2 Å². The van der Waals surface area contributed by atoms with Gasteiger partial charge in [0.1, 0.15) is 11.3 Å². The molecule has 0 fully saturated rings. The van der Waals surface area contributed by atoms with Crippen LogP contribution in [0.2, 0.25) is 0 Å². The highest BCUT2D eigenvalue weighted by Crippen LogP contribution is 2.22. The fourth-order valence-corrected chi connectivity index (χ4v) is 3.35. The Balaban J connectivity index is 1.49. The van der Waals surface area contributed by atoms with Crippen molar-refractivity contribution in [3.05, 3.63) is 81.0 Å². The number of hydrogen-bond acceptors (Lipinski definition) is 7. The minimum Gasteiger partial charge on any atom is -0.497 e. The standard InChI is InChI=1S/C21H15N3O4S/c1-27-15-8-6-13(7-9-15)11-22-24-19(25)20-23-17(12-29-20)16-10-14-4-2-3-5-18(14)28-21(16)26/h2-12H,1H3,(H,24,25)/b22-11+. The van der Waals surface area contributed by atoms with Crippen LogP contribution in [0.5, 0.6) is 5.75 Å². The van der Waals surface area contributed by atoms with E-state index in [0.717, 1.165) is 28.0 Å². The zero-order chi connectivity index (χ0) is 20.2. The maximum Gasteiger partial charge on any atom is 0.345 e. The molecule has 4 aromatic rings. The number of hydrogen-bond donors (Lipinski definition) is 1. The third-order valence-electron chi connectivity index (χ3n) is 4.11. The molecular formula is C21H15N3O4S. The van der Waals surface area contributed by atoms with E-state index in [4.69, 9.17) is 9.15 Å². The summed E-state index contributed by atoms with van der Waals surface area (Å²) in [5.74, 6) is 0.274. The number of para-hydroxylation sites is 1. The van der Waals surface area contributed by atoms with E-state index in [1.807, 2.05) is 24.3 Å². The van der Waals surface area contributed by atoms with Gasteiger partial charge in [0.15, 0.2) is 5.01 Å². The van der Waals surface area contributed by atoms with E-state index in [1.54, 1.807) is 42.8 Å². The number of amides is 1. The van der Waals surface area contributed by atoms with Gasteiger partial charge in [0.25, 0.3) is 5.91 Å². The van der Waals surface area contributed by atoms with Crippen molar-refractivity contribution in [3.8, 4) is 17.0 Å². The Hall–Kier alpha value is -3.78. The van der Waals surface area contributed by atoms with Crippen LogP contribution in [0.1, 0.15) is 15.4 Å². The van der Waals surface area contributed by atoms with Gasteiger partial charge < -0.3 is 9.15 Å². The summed E-state index contributed by atoms with van der Waals surface area (Å²) >= 11 is 1.12. The van der Waals surface area contributed by atoms with Crippen molar-refractivity contribution in [2.24, 2.45) is 5.10 Å². The first kappa shape index (κ1) is 18.6. The van der Waals surface area contributed by atoms with E-state index >= 15 is 0 Å². The van der Waals surface area contributed by atoms with Crippen LogP contribution < -0.4 is 15.8 Å². The lowest BCUT2D eigenvalue weighted by Gasteiger charge is -1.99. The third-order valence-corrected chi connectivity index (χ3v) is 4.95. The molecule has 0 atom stereocenters. The summed E-state index contributed by atoms with van der Waals surface area (Å²) in [6.45, 7) is 0. The van der Waals surface area contributed by atoms with Crippen LogP contribution in [0, 0.1) is 0 Å². The van der Waals surface area contributed by atoms with Crippen molar-refractivity contribution >= 4 is 34.4 Å². The number of fused-ring (bicyclic) bond motifs is 1. The summed E-state index contributed by atoms with van der Waals surface area (Å²) in [7, 11) is 1.59. The first-order chi connectivity index (χ1) is 14.1. The van der Waals surface area contributed by atoms with E-state index < -0.39 is 11.5 Å². The van der Waals surface area contributed by atoms with Crippen molar-refractivity contribution in [1.29, 1.82) is 0 Å². The normalized spacial score (nSPS) is 11.1. The Kier molecular flexibility index (Phi) is 5.17.